The van der Waals surface area contributed by atoms with Gasteiger partial charge in [-0.25, -0.2) is 9.97 Å². The van der Waals surface area contributed by atoms with E-state index in [0.717, 1.165) is 21.3 Å². The van der Waals surface area contributed by atoms with Crippen LogP contribution in [-0.2, 0) is 11.2 Å². The van der Waals surface area contributed by atoms with Crippen molar-refractivity contribution in [2.75, 3.05) is 12.3 Å². The Balaban J connectivity index is 1.32. The van der Waals surface area contributed by atoms with E-state index in [1.807, 2.05) is 41.8 Å². The van der Waals surface area contributed by atoms with Crippen molar-refractivity contribution < 1.29 is 4.79 Å². The number of anilines is 1. The smallest absolute Gasteiger partial charge is 0.266 e. The zero-order valence-electron chi connectivity index (χ0n) is 16.6. The molecule has 3 aromatic heterocycles. The number of nitrogens with two attached hydrogens (primary N) is 1. The van der Waals surface area contributed by atoms with E-state index in [4.69, 9.17) is 18.0 Å². The molecule has 4 heterocycles. The number of nitrogen functional groups attached to an aromatic ring is 1. The average Bonchev–Trinajstić information content (AvgIpc) is 3.52. The number of fused-ring (bicyclic) bond motifs is 1. The normalized spacial score (nSPS) is 15.4. The molecular weight excluding hydrogens is 464 g/mol. The van der Waals surface area contributed by atoms with E-state index in [1.165, 1.54) is 23.1 Å². The van der Waals surface area contributed by atoms with Crippen molar-refractivity contribution in [3.63, 3.8) is 0 Å². The number of benzene rings is 1. The molecular formula is C20H16N8OS3. The first kappa shape index (κ1) is 20.7. The maximum atomic E-state index is 12.8. The molecule has 0 atom stereocenters. The summed E-state index contributed by atoms with van der Waals surface area (Å²) in [4.78, 5) is 25.0. The van der Waals surface area contributed by atoms with Crippen LogP contribution < -0.4 is 5.73 Å². The number of rotatable bonds is 6. The Labute approximate surface area is 196 Å². The minimum atomic E-state index is -0.0886. The number of aromatic nitrogens is 6. The monoisotopic (exact) mass is 480 g/mol. The van der Waals surface area contributed by atoms with Crippen molar-refractivity contribution in [2.24, 2.45) is 0 Å². The summed E-state index contributed by atoms with van der Waals surface area (Å²) in [5.41, 5.74) is 7.76. The molecule has 0 bridgehead atoms. The van der Waals surface area contributed by atoms with Crippen molar-refractivity contribution in [1.29, 1.82) is 0 Å². The summed E-state index contributed by atoms with van der Waals surface area (Å²) in [6.45, 7) is 0.510. The first-order valence-electron chi connectivity index (χ1n) is 9.67. The number of hydrogen-bond acceptors (Lipinski definition) is 10. The second-order valence-electron chi connectivity index (χ2n) is 6.95. The Kier molecular flexibility index (Phi) is 5.64. The molecule has 4 aromatic rings. The van der Waals surface area contributed by atoms with Gasteiger partial charge in [0.2, 0.25) is 0 Å². The maximum absolute atomic E-state index is 12.8. The lowest BCUT2D eigenvalue weighted by Crippen LogP contribution is -2.29. The number of aromatic amines is 1. The van der Waals surface area contributed by atoms with Gasteiger partial charge in [0.05, 0.1) is 10.4 Å². The van der Waals surface area contributed by atoms with Crippen molar-refractivity contribution in [1.82, 2.24) is 35.5 Å². The van der Waals surface area contributed by atoms with Crippen molar-refractivity contribution in [3.8, 4) is 11.4 Å². The number of para-hydroxylation sites is 1. The Morgan fingerprint density at radius 1 is 1.25 bits per heavy atom. The van der Waals surface area contributed by atoms with Gasteiger partial charge in [0.15, 0.2) is 11.6 Å². The van der Waals surface area contributed by atoms with Crippen LogP contribution in [0.2, 0.25) is 0 Å². The van der Waals surface area contributed by atoms with Gasteiger partial charge in [-0.2, -0.15) is 5.21 Å². The molecule has 1 aromatic carbocycles. The lowest BCUT2D eigenvalue weighted by Gasteiger charge is -2.13. The van der Waals surface area contributed by atoms with Crippen molar-refractivity contribution in [3.05, 3.63) is 51.3 Å². The number of carbonyl (C=O) groups excluding carboxylic acids is 1. The SMILES string of the molecule is Nc1nc(-c2csc(C=C3SC(=S)N(CCCc4nn[nH]n4)C3=O)c2)nc2ccccc12. The first-order chi connectivity index (χ1) is 15.6. The molecule has 9 nitrogen and oxygen atoms in total. The van der Waals surface area contributed by atoms with Crippen LogP contribution in [0.25, 0.3) is 28.4 Å². The molecule has 0 aliphatic carbocycles. The number of carbonyl (C=O) groups is 1. The summed E-state index contributed by atoms with van der Waals surface area (Å²) in [6, 6.07) is 9.59. The van der Waals surface area contributed by atoms with Gasteiger partial charge in [-0.15, -0.1) is 21.5 Å². The number of nitrogens with one attached hydrogen (secondary N) is 1. The topological polar surface area (TPSA) is 127 Å². The Morgan fingerprint density at radius 3 is 2.97 bits per heavy atom. The number of H-pyrrole nitrogens is 1. The molecule has 0 spiro atoms. The standard InChI is InChI=1S/C20H16N8OS3/c21-17-13-4-1-2-5-14(13)22-18(23-17)11-8-12(31-10-11)9-15-19(29)28(20(30)32-15)7-3-6-16-24-26-27-25-16/h1-2,4-5,8-10H,3,6-7H2,(H2,21,22,23)(H,24,25,26,27). The average molecular weight is 481 g/mol. The summed E-state index contributed by atoms with van der Waals surface area (Å²) in [5, 5.41) is 16.6. The highest BCUT2D eigenvalue weighted by Crippen LogP contribution is 2.35. The summed E-state index contributed by atoms with van der Waals surface area (Å²) in [7, 11) is 0. The van der Waals surface area contributed by atoms with Gasteiger partial charge in [-0.05, 0) is 30.7 Å². The van der Waals surface area contributed by atoms with E-state index in [2.05, 4.69) is 30.6 Å². The van der Waals surface area contributed by atoms with Crippen LogP contribution in [0.3, 0.4) is 0 Å². The molecule has 1 aliphatic heterocycles. The highest BCUT2D eigenvalue weighted by atomic mass is 32.2. The zero-order chi connectivity index (χ0) is 22.1. The molecule has 160 valence electrons. The van der Waals surface area contributed by atoms with E-state index in [1.54, 1.807) is 4.90 Å². The van der Waals surface area contributed by atoms with E-state index >= 15 is 0 Å². The Bertz CT molecular complexity index is 1350. The van der Waals surface area contributed by atoms with E-state index in [0.29, 0.717) is 46.1 Å². The molecule has 32 heavy (non-hydrogen) atoms. The minimum absolute atomic E-state index is 0.0886. The number of amides is 1. The summed E-state index contributed by atoms with van der Waals surface area (Å²) >= 11 is 8.23. The van der Waals surface area contributed by atoms with E-state index < -0.39 is 0 Å². The summed E-state index contributed by atoms with van der Waals surface area (Å²) in [6.07, 6.45) is 3.18. The van der Waals surface area contributed by atoms with Crippen LogP contribution in [0.4, 0.5) is 5.82 Å². The van der Waals surface area contributed by atoms with Gasteiger partial charge in [-0.3, -0.25) is 9.69 Å². The quantitative estimate of drug-likeness (QED) is 0.316. The van der Waals surface area contributed by atoms with Crippen LogP contribution in [0.5, 0.6) is 0 Å². The third kappa shape index (κ3) is 4.11. The van der Waals surface area contributed by atoms with Gasteiger partial charge in [0.1, 0.15) is 10.1 Å². The van der Waals surface area contributed by atoms with E-state index in [-0.39, 0.29) is 5.91 Å². The predicted molar refractivity (Wildman–Crippen MR) is 130 cm³/mol. The molecule has 0 saturated carbocycles. The number of aryl methyl sites for hydroxylation is 1. The van der Waals surface area contributed by atoms with Crippen molar-refractivity contribution >= 4 is 68.3 Å². The van der Waals surface area contributed by atoms with Crippen LogP contribution in [0.1, 0.15) is 17.1 Å². The number of thiocarbonyl (C=S) groups is 1. The number of nitrogens with zero attached hydrogens (tertiary/aromatic N) is 6. The second kappa shape index (κ2) is 8.73. The molecule has 5 rings (SSSR count). The van der Waals surface area contributed by atoms with E-state index in [9.17, 15) is 4.79 Å². The largest absolute Gasteiger partial charge is 0.383 e. The molecule has 3 N–H and O–H groups in total. The van der Waals surface area contributed by atoms with Gasteiger partial charge >= 0.3 is 0 Å². The fourth-order valence-electron chi connectivity index (χ4n) is 3.28. The summed E-state index contributed by atoms with van der Waals surface area (Å²) in [5.74, 6) is 1.54. The summed E-state index contributed by atoms with van der Waals surface area (Å²) < 4.78 is 0.553. The fourth-order valence-corrected chi connectivity index (χ4v) is 5.47. The van der Waals surface area contributed by atoms with Crippen LogP contribution >= 0.6 is 35.3 Å². The predicted octanol–water partition coefficient (Wildman–Crippen LogP) is 3.29. The highest BCUT2D eigenvalue weighted by molar-refractivity contribution is 8.26. The van der Waals surface area contributed by atoms with Gasteiger partial charge in [0, 0.05) is 34.2 Å². The third-order valence-corrected chi connectivity index (χ3v) is 7.09. The minimum Gasteiger partial charge on any atom is -0.383 e. The lowest BCUT2D eigenvalue weighted by molar-refractivity contribution is -0.122. The molecule has 0 unspecified atom stereocenters. The number of thiophene rings is 1. The van der Waals surface area contributed by atoms with Crippen LogP contribution in [-0.4, -0.2) is 52.3 Å². The van der Waals surface area contributed by atoms with Gasteiger partial charge in [-0.1, -0.05) is 41.3 Å². The highest BCUT2D eigenvalue weighted by Gasteiger charge is 2.31. The molecule has 1 fully saturated rings. The van der Waals surface area contributed by atoms with Crippen LogP contribution in [0.15, 0.2) is 40.6 Å². The Morgan fingerprint density at radius 2 is 2.12 bits per heavy atom. The molecule has 1 amide bonds. The number of hydrogen-bond donors (Lipinski definition) is 2. The molecule has 0 radical (unpaired) electrons. The zero-order valence-corrected chi connectivity index (χ0v) is 19.0. The Hall–Kier alpha value is -3.22. The van der Waals surface area contributed by atoms with Crippen molar-refractivity contribution in [2.45, 2.75) is 12.8 Å². The first-order valence-corrected chi connectivity index (χ1v) is 11.8. The molecule has 12 heteroatoms. The maximum Gasteiger partial charge on any atom is 0.266 e. The number of tetrazole rings is 1. The molecule has 1 saturated heterocycles. The third-order valence-electron chi connectivity index (χ3n) is 4.83. The van der Waals surface area contributed by atoms with Gasteiger partial charge < -0.3 is 5.73 Å². The number of thioether (sulfide) groups is 1. The lowest BCUT2D eigenvalue weighted by atomic mass is 10.2. The second-order valence-corrected chi connectivity index (χ2v) is 9.57. The van der Waals surface area contributed by atoms with Crippen LogP contribution in [0, 0.1) is 0 Å². The fraction of sp³-hybridized carbons (Fsp3) is 0.150. The van der Waals surface area contributed by atoms with Gasteiger partial charge in [0.25, 0.3) is 5.91 Å². The molecule has 1 aliphatic rings.